The predicted octanol–water partition coefficient (Wildman–Crippen LogP) is 3.26. The molecule has 0 amide bonds. The molecule has 2 rings (SSSR count). The summed E-state index contributed by atoms with van der Waals surface area (Å²) in [4.78, 5) is 4.10. The Balaban J connectivity index is 2.20. The zero-order valence-electron chi connectivity index (χ0n) is 8.98. The zero-order valence-corrected chi connectivity index (χ0v) is 10.6. The minimum absolute atomic E-state index is 0.282. The smallest absolute Gasteiger partial charge is 0.129 e. The fourth-order valence-corrected chi connectivity index (χ4v) is 1.98. The van der Waals surface area contributed by atoms with Crippen LogP contribution in [0.3, 0.4) is 0 Å². The quantitative estimate of drug-likeness (QED) is 0.943. The van der Waals surface area contributed by atoms with Crippen molar-refractivity contribution >= 4 is 15.9 Å². The summed E-state index contributed by atoms with van der Waals surface area (Å²) in [6.45, 7) is 0. The van der Waals surface area contributed by atoms with Gasteiger partial charge in [-0.15, -0.1) is 0 Å². The van der Waals surface area contributed by atoms with Crippen molar-refractivity contribution in [2.75, 3.05) is 0 Å². The Hall–Kier alpha value is -1.26. The first-order valence-electron chi connectivity index (χ1n) is 5.20. The maximum Gasteiger partial charge on any atom is 0.129 e. The van der Waals surface area contributed by atoms with Gasteiger partial charge in [0.2, 0.25) is 0 Å². The van der Waals surface area contributed by atoms with Crippen LogP contribution in [-0.2, 0) is 6.42 Å². The van der Waals surface area contributed by atoms with Crippen molar-refractivity contribution in [2.45, 2.75) is 12.5 Å². The van der Waals surface area contributed by atoms with E-state index < -0.39 is 11.9 Å². The molecule has 1 N–H and O–H groups in total. The van der Waals surface area contributed by atoms with Crippen LogP contribution in [0.5, 0.6) is 0 Å². The Bertz CT molecular complexity index is 504. The Kier molecular flexibility index (Phi) is 3.86. The molecule has 1 aromatic carbocycles. The molecule has 0 saturated carbocycles. The van der Waals surface area contributed by atoms with Crippen molar-refractivity contribution in [1.82, 2.24) is 4.98 Å². The first-order valence-corrected chi connectivity index (χ1v) is 5.99. The lowest BCUT2D eigenvalue weighted by atomic mass is 10.0. The molecule has 17 heavy (non-hydrogen) atoms. The van der Waals surface area contributed by atoms with Crippen molar-refractivity contribution in [3.8, 4) is 0 Å². The van der Waals surface area contributed by atoms with Crippen LogP contribution >= 0.6 is 15.9 Å². The first-order chi connectivity index (χ1) is 8.16. The molecule has 0 spiro atoms. The topological polar surface area (TPSA) is 33.1 Å². The van der Waals surface area contributed by atoms with Crippen molar-refractivity contribution in [3.05, 3.63) is 64.1 Å². The number of halogens is 2. The molecule has 0 aliphatic rings. The minimum atomic E-state index is -0.887. The van der Waals surface area contributed by atoms with Crippen LogP contribution in [0.2, 0.25) is 0 Å². The van der Waals surface area contributed by atoms with Crippen LogP contribution in [0.4, 0.5) is 4.39 Å². The Labute approximate surface area is 107 Å². The molecule has 0 aliphatic heterocycles. The first kappa shape index (κ1) is 12.2. The summed E-state index contributed by atoms with van der Waals surface area (Å²) < 4.78 is 14.3. The molecule has 4 heteroatoms. The molecule has 2 nitrogen and oxygen atoms in total. The predicted molar refractivity (Wildman–Crippen MR) is 67.0 cm³/mol. The highest BCUT2D eigenvalue weighted by Crippen LogP contribution is 2.23. The second-order valence-electron chi connectivity index (χ2n) is 3.71. The number of pyridine rings is 1. The zero-order chi connectivity index (χ0) is 12.3. The van der Waals surface area contributed by atoms with Crippen LogP contribution in [0, 0.1) is 5.82 Å². The number of aromatic nitrogens is 1. The average Bonchev–Trinajstić information content (AvgIpc) is 2.33. The molecule has 0 aliphatic carbocycles. The Morgan fingerprint density at radius 3 is 2.82 bits per heavy atom. The highest BCUT2D eigenvalue weighted by Gasteiger charge is 2.14. The highest BCUT2D eigenvalue weighted by atomic mass is 79.9. The second kappa shape index (κ2) is 5.38. The van der Waals surface area contributed by atoms with Gasteiger partial charge in [-0.25, -0.2) is 4.39 Å². The summed E-state index contributed by atoms with van der Waals surface area (Å²) in [6, 6.07) is 9.97. The molecule has 1 unspecified atom stereocenters. The third-order valence-corrected chi connectivity index (χ3v) is 2.94. The number of rotatable bonds is 3. The normalized spacial score (nSPS) is 12.4. The van der Waals surface area contributed by atoms with Crippen LogP contribution in [0.15, 0.2) is 47.1 Å². The van der Waals surface area contributed by atoms with Crippen molar-refractivity contribution in [3.63, 3.8) is 0 Å². The van der Waals surface area contributed by atoms with E-state index in [2.05, 4.69) is 20.9 Å². The summed E-state index contributed by atoms with van der Waals surface area (Å²) >= 11 is 3.26. The van der Waals surface area contributed by atoms with Crippen molar-refractivity contribution < 1.29 is 9.50 Å². The number of nitrogens with zero attached hydrogens (tertiary/aromatic N) is 1. The van der Waals surface area contributed by atoms with Gasteiger partial charge < -0.3 is 5.11 Å². The number of hydrogen-bond acceptors (Lipinski definition) is 2. The van der Waals surface area contributed by atoms with Gasteiger partial charge in [0.1, 0.15) is 5.82 Å². The van der Waals surface area contributed by atoms with E-state index in [9.17, 15) is 9.50 Å². The Morgan fingerprint density at radius 1 is 1.29 bits per heavy atom. The SMILES string of the molecule is OC(Cc1ccccn1)c1cc(Br)ccc1F. The lowest BCUT2D eigenvalue weighted by molar-refractivity contribution is 0.172. The second-order valence-corrected chi connectivity index (χ2v) is 4.62. The molecular formula is C13H11BrFNO. The summed E-state index contributed by atoms with van der Waals surface area (Å²) in [5, 5.41) is 9.98. The molecule has 88 valence electrons. The molecule has 0 fully saturated rings. The van der Waals surface area contributed by atoms with Gasteiger partial charge in [-0.3, -0.25) is 4.98 Å². The minimum Gasteiger partial charge on any atom is -0.388 e. The van der Waals surface area contributed by atoms with E-state index >= 15 is 0 Å². The van der Waals surface area contributed by atoms with E-state index in [4.69, 9.17) is 0 Å². The third-order valence-electron chi connectivity index (χ3n) is 2.45. The molecule has 2 aromatic rings. The van der Waals surface area contributed by atoms with E-state index in [1.165, 1.54) is 6.07 Å². The van der Waals surface area contributed by atoms with Crippen LogP contribution < -0.4 is 0 Å². The number of hydrogen-bond donors (Lipinski definition) is 1. The number of aliphatic hydroxyl groups is 1. The molecule has 1 aromatic heterocycles. The van der Waals surface area contributed by atoms with E-state index in [0.29, 0.717) is 6.42 Å². The van der Waals surface area contributed by atoms with Crippen LogP contribution in [0.1, 0.15) is 17.4 Å². The maximum absolute atomic E-state index is 13.5. The monoisotopic (exact) mass is 295 g/mol. The lowest BCUT2D eigenvalue weighted by Gasteiger charge is -2.11. The number of aliphatic hydroxyl groups excluding tert-OH is 1. The summed E-state index contributed by atoms with van der Waals surface area (Å²) in [5.41, 5.74) is 1.02. The highest BCUT2D eigenvalue weighted by molar-refractivity contribution is 9.10. The summed E-state index contributed by atoms with van der Waals surface area (Å²) in [6.07, 6.45) is 1.07. The van der Waals surface area contributed by atoms with Crippen molar-refractivity contribution in [1.29, 1.82) is 0 Å². The summed E-state index contributed by atoms with van der Waals surface area (Å²) in [5.74, 6) is -0.406. The van der Waals surface area contributed by atoms with Gasteiger partial charge in [0, 0.05) is 28.3 Å². The van der Waals surface area contributed by atoms with Crippen LogP contribution in [-0.4, -0.2) is 10.1 Å². The molecule has 1 atom stereocenters. The molecule has 0 radical (unpaired) electrons. The third kappa shape index (κ3) is 3.11. The fraction of sp³-hybridized carbons (Fsp3) is 0.154. The van der Waals surface area contributed by atoms with Gasteiger partial charge in [0.15, 0.2) is 0 Å². The van der Waals surface area contributed by atoms with E-state index in [-0.39, 0.29) is 5.56 Å². The van der Waals surface area contributed by atoms with Gasteiger partial charge in [0.25, 0.3) is 0 Å². The largest absolute Gasteiger partial charge is 0.388 e. The lowest BCUT2D eigenvalue weighted by Crippen LogP contribution is -2.05. The molecule has 0 saturated heterocycles. The van der Waals surface area contributed by atoms with Gasteiger partial charge >= 0.3 is 0 Å². The van der Waals surface area contributed by atoms with E-state index in [0.717, 1.165) is 10.2 Å². The van der Waals surface area contributed by atoms with Crippen molar-refractivity contribution in [2.24, 2.45) is 0 Å². The Morgan fingerprint density at radius 2 is 2.12 bits per heavy atom. The van der Waals surface area contributed by atoms with E-state index in [1.807, 2.05) is 6.07 Å². The average molecular weight is 296 g/mol. The van der Waals surface area contributed by atoms with Crippen LogP contribution in [0.25, 0.3) is 0 Å². The molecule has 1 heterocycles. The standard InChI is InChI=1S/C13H11BrFNO/c14-9-4-5-12(15)11(7-9)13(17)8-10-3-1-2-6-16-10/h1-7,13,17H,8H2. The number of benzene rings is 1. The molecular weight excluding hydrogens is 285 g/mol. The van der Waals surface area contributed by atoms with Gasteiger partial charge in [-0.1, -0.05) is 22.0 Å². The summed E-state index contributed by atoms with van der Waals surface area (Å²) in [7, 11) is 0. The van der Waals surface area contributed by atoms with E-state index in [1.54, 1.807) is 30.5 Å². The van der Waals surface area contributed by atoms with Gasteiger partial charge in [0.05, 0.1) is 6.10 Å². The van der Waals surface area contributed by atoms with Gasteiger partial charge in [-0.05, 0) is 30.3 Å². The fourth-order valence-electron chi connectivity index (χ4n) is 1.60. The molecule has 0 bridgehead atoms. The maximum atomic E-state index is 13.5. The van der Waals surface area contributed by atoms with Gasteiger partial charge in [-0.2, -0.15) is 0 Å².